The first-order valence-electron chi connectivity index (χ1n) is 6.89. The molecule has 0 aliphatic carbocycles. The number of hydrogen-bond acceptors (Lipinski definition) is 6. The van der Waals surface area contributed by atoms with Crippen molar-refractivity contribution in [2.75, 3.05) is 5.32 Å². The van der Waals surface area contributed by atoms with E-state index in [-0.39, 0.29) is 38.8 Å². The van der Waals surface area contributed by atoms with Crippen LogP contribution in [0.3, 0.4) is 0 Å². The number of aromatic amines is 1. The van der Waals surface area contributed by atoms with Crippen LogP contribution in [0.2, 0.25) is 0 Å². The van der Waals surface area contributed by atoms with Gasteiger partial charge in [0.15, 0.2) is 5.84 Å². The summed E-state index contributed by atoms with van der Waals surface area (Å²) in [6.45, 7) is 0. The molecule has 3 aromatic rings. The number of H-pyrrole nitrogens is 1. The molecule has 0 saturated carbocycles. The second-order valence-corrected chi connectivity index (χ2v) is 6.69. The van der Waals surface area contributed by atoms with Gasteiger partial charge in [0.25, 0.3) is 15.6 Å². The van der Waals surface area contributed by atoms with Gasteiger partial charge in [0.05, 0.1) is 11.1 Å². The molecule has 9 heteroatoms. The first-order valence-corrected chi connectivity index (χ1v) is 8.33. The summed E-state index contributed by atoms with van der Waals surface area (Å²) >= 11 is 0. The second kappa shape index (κ2) is 4.90. The van der Waals surface area contributed by atoms with Crippen LogP contribution in [-0.2, 0) is 10.0 Å². The van der Waals surface area contributed by atoms with Crippen molar-refractivity contribution in [3.8, 4) is 5.75 Å². The van der Waals surface area contributed by atoms with Gasteiger partial charge in [-0.15, -0.1) is 4.40 Å². The lowest BCUT2D eigenvalue weighted by Crippen LogP contribution is -2.28. The quantitative estimate of drug-likeness (QED) is 0.610. The molecule has 1 aliphatic heterocycles. The predicted octanol–water partition coefficient (Wildman–Crippen LogP) is 1.19. The molecule has 0 spiro atoms. The third kappa shape index (κ3) is 2.06. The fraction of sp³-hybridized carbons (Fsp3) is 0. The van der Waals surface area contributed by atoms with E-state index < -0.39 is 15.6 Å². The Morgan fingerprint density at radius 2 is 1.88 bits per heavy atom. The Morgan fingerprint density at radius 3 is 2.71 bits per heavy atom. The molecule has 4 rings (SSSR count). The van der Waals surface area contributed by atoms with E-state index >= 15 is 0 Å². The van der Waals surface area contributed by atoms with Crippen molar-refractivity contribution in [1.82, 2.24) is 9.97 Å². The maximum Gasteiger partial charge on any atom is 0.286 e. The third-order valence-electron chi connectivity index (χ3n) is 3.62. The zero-order valence-corrected chi connectivity index (χ0v) is 12.8. The highest BCUT2D eigenvalue weighted by Crippen LogP contribution is 2.30. The van der Waals surface area contributed by atoms with Crippen molar-refractivity contribution in [2.45, 2.75) is 4.90 Å². The van der Waals surface area contributed by atoms with Crippen LogP contribution in [-0.4, -0.2) is 29.3 Å². The van der Waals surface area contributed by atoms with Gasteiger partial charge in [-0.2, -0.15) is 8.42 Å². The topological polar surface area (TPSA) is 125 Å². The maximum atomic E-state index is 12.3. The molecule has 0 fully saturated rings. The summed E-state index contributed by atoms with van der Waals surface area (Å²) in [6.07, 6.45) is 1.47. The van der Waals surface area contributed by atoms with Crippen LogP contribution in [0.15, 0.2) is 56.7 Å². The minimum Gasteiger partial charge on any atom is -0.506 e. The molecule has 0 atom stereocenters. The molecule has 3 N–H and O–H groups in total. The Bertz CT molecular complexity index is 1180. The lowest BCUT2D eigenvalue weighted by Gasteiger charge is -2.18. The molecule has 0 amide bonds. The van der Waals surface area contributed by atoms with E-state index in [0.717, 1.165) is 0 Å². The van der Waals surface area contributed by atoms with Crippen LogP contribution in [0, 0.1) is 0 Å². The van der Waals surface area contributed by atoms with Gasteiger partial charge >= 0.3 is 0 Å². The number of nitrogens with zero attached hydrogens (tertiary/aromatic N) is 2. The van der Waals surface area contributed by atoms with Gasteiger partial charge in [0.1, 0.15) is 21.9 Å². The fourth-order valence-electron chi connectivity index (χ4n) is 2.55. The van der Waals surface area contributed by atoms with E-state index in [1.165, 1.54) is 12.3 Å². The van der Waals surface area contributed by atoms with E-state index in [4.69, 9.17) is 0 Å². The number of sulfonamides is 1. The van der Waals surface area contributed by atoms with Crippen molar-refractivity contribution in [2.24, 2.45) is 4.40 Å². The van der Waals surface area contributed by atoms with E-state index in [9.17, 15) is 18.3 Å². The van der Waals surface area contributed by atoms with Crippen LogP contribution < -0.4 is 10.9 Å². The number of anilines is 1. The second-order valence-electron chi connectivity index (χ2n) is 5.11. The number of amidine groups is 1. The lowest BCUT2D eigenvalue weighted by atomic mass is 10.1. The summed E-state index contributed by atoms with van der Waals surface area (Å²) < 4.78 is 28.3. The summed E-state index contributed by atoms with van der Waals surface area (Å²) in [5, 5.41) is 13.5. The number of pyridine rings is 2. The van der Waals surface area contributed by atoms with E-state index in [2.05, 4.69) is 19.7 Å². The molecule has 120 valence electrons. The molecule has 0 radical (unpaired) electrons. The number of benzene rings is 1. The number of rotatable bonds is 1. The standard InChI is InChI=1S/C15H10N4O4S/c20-12-8-4-3-7-16-13(8)18-15(21)11(12)14-17-9-5-1-2-6-10(9)24(22,23)19-14/h1-7H,(H,17,19)(H2,16,18,20,21). The monoisotopic (exact) mass is 342 g/mol. The highest BCUT2D eigenvalue weighted by molar-refractivity contribution is 7.90. The number of aromatic hydroxyl groups is 1. The number of aromatic nitrogens is 2. The van der Waals surface area contributed by atoms with Gasteiger partial charge in [0, 0.05) is 6.20 Å². The van der Waals surface area contributed by atoms with Crippen molar-refractivity contribution >= 4 is 32.6 Å². The lowest BCUT2D eigenvalue weighted by molar-refractivity contribution is 0.479. The number of para-hydroxylation sites is 1. The summed E-state index contributed by atoms with van der Waals surface area (Å²) in [5.74, 6) is -0.624. The molecule has 24 heavy (non-hydrogen) atoms. The highest BCUT2D eigenvalue weighted by atomic mass is 32.2. The molecule has 0 saturated heterocycles. The van der Waals surface area contributed by atoms with Gasteiger partial charge in [-0.3, -0.25) is 4.79 Å². The van der Waals surface area contributed by atoms with Crippen LogP contribution in [0.1, 0.15) is 5.56 Å². The van der Waals surface area contributed by atoms with Gasteiger partial charge < -0.3 is 15.4 Å². The smallest absolute Gasteiger partial charge is 0.286 e. The molecule has 0 bridgehead atoms. The summed E-state index contributed by atoms with van der Waals surface area (Å²) in [5.41, 5.74) is -0.468. The average molecular weight is 342 g/mol. The van der Waals surface area contributed by atoms with Crippen molar-refractivity contribution in [1.29, 1.82) is 0 Å². The Kier molecular flexibility index (Phi) is 2.94. The van der Waals surface area contributed by atoms with E-state index in [0.29, 0.717) is 0 Å². The van der Waals surface area contributed by atoms with Crippen molar-refractivity contribution in [3.05, 3.63) is 58.5 Å². The first kappa shape index (κ1) is 14.4. The summed E-state index contributed by atoms with van der Waals surface area (Å²) in [4.78, 5) is 18.8. The Labute approximate surface area is 135 Å². The van der Waals surface area contributed by atoms with Gasteiger partial charge in [-0.1, -0.05) is 12.1 Å². The fourth-order valence-corrected chi connectivity index (χ4v) is 3.67. The molecule has 3 heterocycles. The van der Waals surface area contributed by atoms with Crippen LogP contribution >= 0.6 is 0 Å². The number of hydrogen-bond donors (Lipinski definition) is 3. The van der Waals surface area contributed by atoms with Crippen LogP contribution in [0.25, 0.3) is 11.0 Å². The van der Waals surface area contributed by atoms with Crippen LogP contribution in [0.4, 0.5) is 5.69 Å². The zero-order valence-electron chi connectivity index (χ0n) is 12.0. The number of fused-ring (bicyclic) bond motifs is 2. The van der Waals surface area contributed by atoms with Crippen molar-refractivity contribution in [3.63, 3.8) is 0 Å². The van der Waals surface area contributed by atoms with Gasteiger partial charge in [-0.05, 0) is 24.3 Å². The number of nitrogens with one attached hydrogen (secondary N) is 2. The predicted molar refractivity (Wildman–Crippen MR) is 87.8 cm³/mol. The molecule has 1 aromatic carbocycles. The summed E-state index contributed by atoms with van der Waals surface area (Å²) in [6, 6.07) is 9.33. The summed E-state index contributed by atoms with van der Waals surface area (Å²) in [7, 11) is -3.98. The Hall–Kier alpha value is -3.20. The molecule has 8 nitrogen and oxygen atoms in total. The molecule has 1 aliphatic rings. The minimum atomic E-state index is -3.98. The van der Waals surface area contributed by atoms with Gasteiger partial charge in [0.2, 0.25) is 0 Å². The average Bonchev–Trinajstić information content (AvgIpc) is 2.54. The Morgan fingerprint density at radius 1 is 1.08 bits per heavy atom. The third-order valence-corrected chi connectivity index (χ3v) is 4.96. The van der Waals surface area contributed by atoms with Crippen LogP contribution in [0.5, 0.6) is 5.75 Å². The highest BCUT2D eigenvalue weighted by Gasteiger charge is 2.28. The minimum absolute atomic E-state index is 0.00660. The molecular weight excluding hydrogens is 332 g/mol. The van der Waals surface area contributed by atoms with Gasteiger partial charge in [-0.25, -0.2) is 4.98 Å². The molecule has 0 unspecified atom stereocenters. The van der Waals surface area contributed by atoms with E-state index in [1.807, 2.05) is 0 Å². The zero-order chi connectivity index (χ0) is 16.9. The Balaban J connectivity index is 2.00. The SMILES string of the molecule is O=c1[nH]c2ncccc2c(O)c1C1=NS(=O)(=O)c2ccccc2N1. The maximum absolute atomic E-state index is 12.3. The first-order chi connectivity index (χ1) is 11.5. The molecular formula is C15H10N4O4S. The normalized spacial score (nSPS) is 15.4. The molecule has 2 aromatic heterocycles. The van der Waals surface area contributed by atoms with Crippen molar-refractivity contribution < 1.29 is 13.5 Å². The van der Waals surface area contributed by atoms with E-state index in [1.54, 1.807) is 30.3 Å². The largest absolute Gasteiger partial charge is 0.506 e.